The molecule has 2 heterocycles. The molecular weight excluding hydrogens is 304 g/mol. The van der Waals surface area contributed by atoms with Gasteiger partial charge in [0.1, 0.15) is 0 Å². The first kappa shape index (κ1) is 12.5. The van der Waals surface area contributed by atoms with E-state index in [-0.39, 0.29) is 6.04 Å². The fraction of sp³-hybridized carbons (Fsp3) is 0.400. The van der Waals surface area contributed by atoms with Crippen LogP contribution in [-0.2, 0) is 6.54 Å². The molecule has 5 nitrogen and oxygen atoms in total. The van der Waals surface area contributed by atoms with Gasteiger partial charge in [-0.05, 0) is 39.9 Å². The quantitative estimate of drug-likeness (QED) is 0.938. The molecule has 0 bridgehead atoms. The number of anilines is 1. The van der Waals surface area contributed by atoms with Gasteiger partial charge in [0.15, 0.2) is 0 Å². The summed E-state index contributed by atoms with van der Waals surface area (Å²) in [6, 6.07) is 2.32. The van der Waals surface area contributed by atoms with Crippen LogP contribution in [0.2, 0.25) is 0 Å². The first-order valence-corrected chi connectivity index (χ1v) is 6.76. The second-order valence-corrected chi connectivity index (χ2v) is 6.12. The third-order valence-electron chi connectivity index (χ3n) is 2.19. The molecule has 2 rings (SSSR count). The van der Waals surface area contributed by atoms with Crippen molar-refractivity contribution in [1.29, 1.82) is 0 Å². The van der Waals surface area contributed by atoms with Crippen LogP contribution in [0.25, 0.3) is 0 Å². The standard InChI is InChI=1S/C10H13BrN4OS/c1-6(12)9-13-14-10(16-9)15(2)4-7-3-8(11)17-5-7/h3,5-6H,4,12H2,1-2H3. The minimum atomic E-state index is -0.236. The van der Waals surface area contributed by atoms with E-state index in [1.807, 2.05) is 18.9 Å². The molecule has 0 aliphatic heterocycles. The Bertz CT molecular complexity index is 496. The van der Waals surface area contributed by atoms with Crippen LogP contribution in [0.5, 0.6) is 0 Å². The Hall–Kier alpha value is -0.920. The average Bonchev–Trinajstić information content (AvgIpc) is 2.86. The van der Waals surface area contributed by atoms with E-state index in [2.05, 4.69) is 37.6 Å². The molecule has 0 fully saturated rings. The molecule has 1 atom stereocenters. The summed E-state index contributed by atoms with van der Waals surface area (Å²) in [6.07, 6.45) is 0. The Labute approximate surface area is 112 Å². The highest BCUT2D eigenvalue weighted by atomic mass is 79.9. The Morgan fingerprint density at radius 2 is 2.35 bits per heavy atom. The van der Waals surface area contributed by atoms with Crippen LogP contribution < -0.4 is 10.6 Å². The van der Waals surface area contributed by atoms with Gasteiger partial charge in [0.25, 0.3) is 0 Å². The Morgan fingerprint density at radius 1 is 1.59 bits per heavy atom. The van der Waals surface area contributed by atoms with Crippen molar-refractivity contribution in [2.75, 3.05) is 11.9 Å². The van der Waals surface area contributed by atoms with Crippen molar-refractivity contribution in [2.45, 2.75) is 19.5 Å². The van der Waals surface area contributed by atoms with Crippen molar-refractivity contribution < 1.29 is 4.42 Å². The molecule has 0 spiro atoms. The number of hydrogen-bond donors (Lipinski definition) is 1. The number of nitrogens with zero attached hydrogens (tertiary/aromatic N) is 3. The van der Waals surface area contributed by atoms with Gasteiger partial charge in [0, 0.05) is 13.6 Å². The molecule has 0 saturated carbocycles. The Balaban J connectivity index is 2.06. The van der Waals surface area contributed by atoms with Crippen LogP contribution in [0.3, 0.4) is 0 Å². The molecule has 2 N–H and O–H groups in total. The van der Waals surface area contributed by atoms with E-state index < -0.39 is 0 Å². The molecular formula is C10H13BrN4OS. The summed E-state index contributed by atoms with van der Waals surface area (Å²) < 4.78 is 6.57. The third-order valence-corrected chi connectivity index (χ3v) is 3.74. The van der Waals surface area contributed by atoms with Crippen molar-refractivity contribution in [1.82, 2.24) is 10.2 Å². The molecule has 0 aliphatic carbocycles. The molecule has 2 aromatic heterocycles. The van der Waals surface area contributed by atoms with Crippen LogP contribution in [0.15, 0.2) is 19.6 Å². The molecule has 0 radical (unpaired) electrons. The summed E-state index contributed by atoms with van der Waals surface area (Å²) in [7, 11) is 1.91. The average molecular weight is 317 g/mol. The van der Waals surface area contributed by atoms with Crippen LogP contribution >= 0.6 is 27.3 Å². The lowest BCUT2D eigenvalue weighted by atomic mass is 10.3. The number of thiophene rings is 1. The van der Waals surface area contributed by atoms with Crippen molar-refractivity contribution in [3.8, 4) is 0 Å². The van der Waals surface area contributed by atoms with E-state index in [4.69, 9.17) is 10.2 Å². The van der Waals surface area contributed by atoms with Gasteiger partial charge in [-0.2, -0.15) is 0 Å². The summed E-state index contributed by atoms with van der Waals surface area (Å²) in [5, 5.41) is 9.94. The summed E-state index contributed by atoms with van der Waals surface area (Å²) in [5.74, 6) is 0.457. The predicted octanol–water partition coefficient (Wildman–Crippen LogP) is 2.55. The first-order valence-electron chi connectivity index (χ1n) is 5.09. The second-order valence-electron chi connectivity index (χ2n) is 3.83. The molecule has 1 unspecified atom stereocenters. The van der Waals surface area contributed by atoms with Crippen LogP contribution in [0.1, 0.15) is 24.4 Å². The maximum absolute atomic E-state index is 5.66. The van der Waals surface area contributed by atoms with Crippen molar-refractivity contribution in [2.24, 2.45) is 5.73 Å². The number of rotatable bonds is 4. The molecule has 7 heteroatoms. The number of aromatic nitrogens is 2. The Kier molecular flexibility index (Phi) is 3.80. The van der Waals surface area contributed by atoms with Gasteiger partial charge in [0.05, 0.1) is 9.83 Å². The summed E-state index contributed by atoms with van der Waals surface area (Å²) in [4.78, 5) is 1.90. The van der Waals surface area contributed by atoms with E-state index in [0.29, 0.717) is 11.9 Å². The van der Waals surface area contributed by atoms with Crippen LogP contribution in [0, 0.1) is 0 Å². The zero-order valence-electron chi connectivity index (χ0n) is 9.55. The molecule has 0 aromatic carbocycles. The second kappa shape index (κ2) is 5.16. The lowest BCUT2D eigenvalue weighted by molar-refractivity contribution is 0.460. The van der Waals surface area contributed by atoms with Gasteiger partial charge in [-0.3, -0.25) is 0 Å². The zero-order chi connectivity index (χ0) is 12.4. The summed E-state index contributed by atoms with van der Waals surface area (Å²) in [5.41, 5.74) is 6.86. The van der Waals surface area contributed by atoms with Gasteiger partial charge >= 0.3 is 6.01 Å². The van der Waals surface area contributed by atoms with Gasteiger partial charge in [0.2, 0.25) is 5.89 Å². The lowest BCUT2D eigenvalue weighted by Gasteiger charge is -2.12. The topological polar surface area (TPSA) is 68.2 Å². The highest BCUT2D eigenvalue weighted by molar-refractivity contribution is 9.11. The largest absolute Gasteiger partial charge is 0.406 e. The van der Waals surface area contributed by atoms with Gasteiger partial charge in [-0.15, -0.1) is 16.4 Å². The van der Waals surface area contributed by atoms with E-state index >= 15 is 0 Å². The van der Waals surface area contributed by atoms with E-state index in [1.165, 1.54) is 5.56 Å². The Morgan fingerprint density at radius 3 is 2.88 bits per heavy atom. The monoisotopic (exact) mass is 316 g/mol. The number of hydrogen-bond acceptors (Lipinski definition) is 6. The molecule has 92 valence electrons. The minimum Gasteiger partial charge on any atom is -0.406 e. The maximum atomic E-state index is 5.66. The smallest absolute Gasteiger partial charge is 0.318 e. The fourth-order valence-electron chi connectivity index (χ4n) is 1.33. The number of nitrogens with two attached hydrogens (primary N) is 1. The molecule has 0 amide bonds. The molecule has 0 saturated heterocycles. The van der Waals surface area contributed by atoms with E-state index in [1.54, 1.807) is 11.3 Å². The molecule has 0 aliphatic rings. The zero-order valence-corrected chi connectivity index (χ0v) is 12.0. The normalized spacial score (nSPS) is 12.7. The van der Waals surface area contributed by atoms with E-state index in [9.17, 15) is 0 Å². The minimum absolute atomic E-state index is 0.236. The third kappa shape index (κ3) is 3.05. The SMILES string of the molecule is CC(N)c1nnc(N(C)Cc2csc(Br)c2)o1. The number of halogens is 1. The van der Waals surface area contributed by atoms with E-state index in [0.717, 1.165) is 10.3 Å². The molecule has 17 heavy (non-hydrogen) atoms. The van der Waals surface area contributed by atoms with Gasteiger partial charge in [-0.25, -0.2) is 0 Å². The van der Waals surface area contributed by atoms with Gasteiger partial charge in [-0.1, -0.05) is 5.10 Å². The van der Waals surface area contributed by atoms with Crippen molar-refractivity contribution in [3.05, 3.63) is 26.7 Å². The summed E-state index contributed by atoms with van der Waals surface area (Å²) in [6.45, 7) is 2.54. The molecule has 2 aromatic rings. The van der Waals surface area contributed by atoms with Crippen LogP contribution in [-0.4, -0.2) is 17.2 Å². The van der Waals surface area contributed by atoms with Crippen molar-refractivity contribution >= 4 is 33.3 Å². The maximum Gasteiger partial charge on any atom is 0.318 e. The lowest BCUT2D eigenvalue weighted by Crippen LogP contribution is -2.16. The highest BCUT2D eigenvalue weighted by Crippen LogP contribution is 2.23. The van der Waals surface area contributed by atoms with Crippen molar-refractivity contribution in [3.63, 3.8) is 0 Å². The highest BCUT2D eigenvalue weighted by Gasteiger charge is 2.13. The predicted molar refractivity (Wildman–Crippen MR) is 71.0 cm³/mol. The summed E-state index contributed by atoms with van der Waals surface area (Å²) >= 11 is 5.09. The fourth-order valence-corrected chi connectivity index (χ4v) is 2.54. The van der Waals surface area contributed by atoms with Gasteiger partial charge < -0.3 is 15.1 Å². The van der Waals surface area contributed by atoms with Crippen LogP contribution in [0.4, 0.5) is 6.01 Å². The first-order chi connectivity index (χ1) is 8.06.